The molecule has 6 nitrogen and oxygen atoms in total. The van der Waals surface area contributed by atoms with E-state index in [0.29, 0.717) is 18.8 Å². The molecule has 0 bridgehead atoms. The Labute approximate surface area is 140 Å². The number of nitrogens with zero attached hydrogens (tertiary/aromatic N) is 3. The molecular weight excluding hydrogens is 304 g/mol. The molecule has 0 radical (unpaired) electrons. The summed E-state index contributed by atoms with van der Waals surface area (Å²) >= 11 is 0. The van der Waals surface area contributed by atoms with Gasteiger partial charge in [0.1, 0.15) is 5.69 Å². The average Bonchev–Trinajstić information content (AvgIpc) is 2.53. The van der Waals surface area contributed by atoms with E-state index < -0.39 is 0 Å². The number of anilines is 1. The molecule has 0 unspecified atom stereocenters. The fraction of sp³-hybridized carbons (Fsp3) is 0.278. The number of hydrogen-bond acceptors (Lipinski definition) is 4. The summed E-state index contributed by atoms with van der Waals surface area (Å²) in [5.41, 5.74) is 3.21. The highest BCUT2D eigenvalue weighted by Crippen LogP contribution is 2.23. The molecule has 124 valence electrons. The van der Waals surface area contributed by atoms with Crippen molar-refractivity contribution in [3.63, 3.8) is 0 Å². The number of carbonyl (C=O) groups excluding carboxylic acids is 1. The Kier molecular flexibility index (Phi) is 4.20. The van der Waals surface area contributed by atoms with Crippen LogP contribution < -0.4 is 10.5 Å². The zero-order valence-electron chi connectivity index (χ0n) is 13.8. The first-order valence-electron chi connectivity index (χ1n) is 7.79. The van der Waals surface area contributed by atoms with Gasteiger partial charge >= 0.3 is 0 Å². The maximum absolute atomic E-state index is 12.2. The van der Waals surface area contributed by atoms with Crippen LogP contribution in [0.1, 0.15) is 5.56 Å². The minimum Gasteiger partial charge on any atom is -0.364 e. The Balaban J connectivity index is 1.83. The van der Waals surface area contributed by atoms with Gasteiger partial charge in [0, 0.05) is 38.1 Å². The maximum Gasteiger partial charge on any atom is 0.271 e. The van der Waals surface area contributed by atoms with Gasteiger partial charge in [0.15, 0.2) is 0 Å². The van der Waals surface area contributed by atoms with Gasteiger partial charge in [0.25, 0.3) is 5.56 Å². The normalized spacial score (nSPS) is 14.2. The summed E-state index contributed by atoms with van der Waals surface area (Å²) in [6.07, 6.45) is 4.74. The van der Waals surface area contributed by atoms with Gasteiger partial charge < -0.3 is 14.8 Å². The summed E-state index contributed by atoms with van der Waals surface area (Å²) in [4.78, 5) is 34.5. The van der Waals surface area contributed by atoms with Crippen LogP contribution in [-0.2, 0) is 4.79 Å². The molecule has 1 fully saturated rings. The summed E-state index contributed by atoms with van der Waals surface area (Å²) in [6, 6.07) is 5.88. The van der Waals surface area contributed by atoms with Crippen molar-refractivity contribution in [1.82, 2.24) is 14.9 Å². The molecule has 1 N–H and O–H groups in total. The Hall–Kier alpha value is -2.89. The average molecular weight is 324 g/mol. The second-order valence-corrected chi connectivity index (χ2v) is 6.03. The predicted octanol–water partition coefficient (Wildman–Crippen LogP) is 1.58. The van der Waals surface area contributed by atoms with Crippen LogP contribution in [0.5, 0.6) is 0 Å². The molecule has 2 aromatic heterocycles. The first kappa shape index (κ1) is 16.0. The Bertz CT molecular complexity index is 837. The lowest BCUT2D eigenvalue weighted by Gasteiger charge is -2.44. The maximum atomic E-state index is 12.2. The van der Waals surface area contributed by atoms with E-state index in [0.717, 1.165) is 16.8 Å². The van der Waals surface area contributed by atoms with Crippen molar-refractivity contribution >= 4 is 11.6 Å². The Morgan fingerprint density at radius 2 is 2.21 bits per heavy atom. The van der Waals surface area contributed by atoms with Crippen LogP contribution in [0.3, 0.4) is 0 Å². The van der Waals surface area contributed by atoms with E-state index in [1.54, 1.807) is 17.3 Å². The molecule has 1 aliphatic rings. The van der Waals surface area contributed by atoms with Crippen LogP contribution in [0, 0.1) is 6.92 Å². The van der Waals surface area contributed by atoms with Gasteiger partial charge in [-0.1, -0.05) is 6.58 Å². The van der Waals surface area contributed by atoms with Gasteiger partial charge in [-0.25, -0.2) is 0 Å². The van der Waals surface area contributed by atoms with Gasteiger partial charge in [-0.05, 0) is 36.8 Å². The number of pyridine rings is 2. The van der Waals surface area contributed by atoms with Crippen molar-refractivity contribution in [3.05, 3.63) is 59.2 Å². The molecule has 1 amide bonds. The van der Waals surface area contributed by atoms with Crippen LogP contribution in [0.4, 0.5) is 5.69 Å². The number of hydrogen-bond donors (Lipinski definition) is 1. The van der Waals surface area contributed by atoms with Crippen LogP contribution in [0.25, 0.3) is 11.3 Å². The van der Waals surface area contributed by atoms with Crippen molar-refractivity contribution in [1.29, 1.82) is 0 Å². The number of rotatable bonds is 4. The minimum absolute atomic E-state index is 0.0775. The van der Waals surface area contributed by atoms with E-state index >= 15 is 0 Å². The molecule has 1 aliphatic heterocycles. The number of likely N-dealkylation sites (N-methyl/N-ethyl adjacent to an activating group) is 1. The van der Waals surface area contributed by atoms with Crippen LogP contribution in [-0.4, -0.2) is 47.0 Å². The SMILES string of the molecule is C=CC(=O)N1CC(N(C)c2cc(-c3cc(C)ccn3)c[nH]c2=O)C1. The van der Waals surface area contributed by atoms with Crippen LogP contribution in [0.2, 0.25) is 0 Å². The van der Waals surface area contributed by atoms with E-state index in [4.69, 9.17) is 0 Å². The monoisotopic (exact) mass is 324 g/mol. The topological polar surface area (TPSA) is 69.3 Å². The largest absolute Gasteiger partial charge is 0.364 e. The molecule has 0 spiro atoms. The van der Waals surface area contributed by atoms with Gasteiger partial charge in [-0.3, -0.25) is 14.6 Å². The lowest BCUT2D eigenvalue weighted by Crippen LogP contribution is -2.60. The molecule has 2 aromatic rings. The zero-order chi connectivity index (χ0) is 17.3. The number of carbonyl (C=O) groups is 1. The quantitative estimate of drug-likeness (QED) is 0.867. The van der Waals surface area contributed by atoms with Gasteiger partial charge in [0.2, 0.25) is 5.91 Å². The smallest absolute Gasteiger partial charge is 0.271 e. The number of amides is 1. The number of aromatic nitrogens is 2. The molecule has 3 rings (SSSR count). The Morgan fingerprint density at radius 1 is 1.46 bits per heavy atom. The van der Waals surface area contributed by atoms with Crippen LogP contribution >= 0.6 is 0 Å². The fourth-order valence-electron chi connectivity index (χ4n) is 2.78. The van der Waals surface area contributed by atoms with Gasteiger partial charge in [-0.15, -0.1) is 0 Å². The van der Waals surface area contributed by atoms with Crippen LogP contribution in [0.15, 0.2) is 48.0 Å². The van der Waals surface area contributed by atoms with E-state index in [9.17, 15) is 9.59 Å². The van der Waals surface area contributed by atoms with Gasteiger partial charge in [-0.2, -0.15) is 0 Å². The van der Waals surface area contributed by atoms with Crippen molar-refractivity contribution in [2.75, 3.05) is 25.0 Å². The molecule has 3 heterocycles. The Morgan fingerprint density at radius 3 is 2.88 bits per heavy atom. The molecule has 24 heavy (non-hydrogen) atoms. The number of H-pyrrole nitrogens is 1. The third-order valence-electron chi connectivity index (χ3n) is 4.37. The molecule has 0 aliphatic carbocycles. The van der Waals surface area contributed by atoms with E-state index in [-0.39, 0.29) is 17.5 Å². The summed E-state index contributed by atoms with van der Waals surface area (Å²) in [5, 5.41) is 0. The molecule has 0 saturated carbocycles. The van der Waals surface area contributed by atoms with Gasteiger partial charge in [0.05, 0.1) is 11.7 Å². The summed E-state index contributed by atoms with van der Waals surface area (Å²) < 4.78 is 0. The van der Waals surface area contributed by atoms with E-state index in [1.807, 2.05) is 37.1 Å². The second-order valence-electron chi connectivity index (χ2n) is 6.03. The minimum atomic E-state index is -0.151. The summed E-state index contributed by atoms with van der Waals surface area (Å²) in [5.74, 6) is -0.0775. The van der Waals surface area contributed by atoms with Crippen molar-refractivity contribution in [2.45, 2.75) is 13.0 Å². The molecular formula is C18H20N4O2. The number of aryl methyl sites for hydroxylation is 1. The summed E-state index contributed by atoms with van der Waals surface area (Å²) in [6.45, 7) is 6.68. The first-order chi connectivity index (χ1) is 11.5. The lowest BCUT2D eigenvalue weighted by atomic mass is 10.1. The predicted molar refractivity (Wildman–Crippen MR) is 94.0 cm³/mol. The zero-order valence-corrected chi connectivity index (χ0v) is 13.8. The highest BCUT2D eigenvalue weighted by molar-refractivity contribution is 5.87. The van der Waals surface area contributed by atoms with Crippen molar-refractivity contribution < 1.29 is 4.79 Å². The highest BCUT2D eigenvalue weighted by Gasteiger charge is 2.33. The molecule has 0 aromatic carbocycles. The third-order valence-corrected chi connectivity index (χ3v) is 4.37. The third kappa shape index (κ3) is 2.95. The second kappa shape index (κ2) is 6.31. The van der Waals surface area contributed by atoms with E-state index in [2.05, 4.69) is 16.5 Å². The lowest BCUT2D eigenvalue weighted by molar-refractivity contribution is -0.130. The number of likely N-dealkylation sites (tertiary alicyclic amines) is 1. The van der Waals surface area contributed by atoms with E-state index in [1.165, 1.54) is 6.08 Å². The molecule has 6 heteroatoms. The first-order valence-corrected chi connectivity index (χ1v) is 7.79. The van der Waals surface area contributed by atoms with Crippen molar-refractivity contribution in [2.24, 2.45) is 0 Å². The number of aromatic amines is 1. The number of nitrogens with one attached hydrogen (secondary N) is 1. The molecule has 1 saturated heterocycles. The summed E-state index contributed by atoms with van der Waals surface area (Å²) in [7, 11) is 1.87. The highest BCUT2D eigenvalue weighted by atomic mass is 16.2. The standard InChI is InChI=1S/C18H20N4O2/c1-4-17(23)22-10-14(11-22)21(3)16-8-13(9-20-18(16)24)15-7-12(2)5-6-19-15/h4-9,14H,1,10-11H2,2-3H3,(H,20,24). The van der Waals surface area contributed by atoms with Crippen molar-refractivity contribution in [3.8, 4) is 11.3 Å². The fourth-order valence-corrected chi connectivity index (χ4v) is 2.78. The molecule has 0 atom stereocenters.